The van der Waals surface area contributed by atoms with E-state index in [2.05, 4.69) is 0 Å². The predicted molar refractivity (Wildman–Crippen MR) is 22.1 cm³/mol. The zero-order valence-corrected chi connectivity index (χ0v) is 5.91. The van der Waals surface area contributed by atoms with Crippen molar-refractivity contribution in [3.8, 4) is 0 Å². The molecule has 0 bridgehead atoms. The van der Waals surface area contributed by atoms with Gasteiger partial charge in [0.15, 0.2) is 0 Å². The van der Waals surface area contributed by atoms with E-state index >= 15 is 0 Å². The Balaban J connectivity index is 0. The standard InChI is InChI=1S/C3H6O.Na/c1-3(2)4;/h1-2H3;. The molecule has 0 saturated heterocycles. The maximum atomic E-state index is 9.44. The third-order valence-electron chi connectivity index (χ3n) is 0. The van der Waals surface area contributed by atoms with Crippen molar-refractivity contribution >= 4 is 35.3 Å². The molecule has 0 amide bonds. The van der Waals surface area contributed by atoms with Gasteiger partial charge in [0, 0.05) is 29.6 Å². The molecule has 25 valence electrons. The van der Waals surface area contributed by atoms with Gasteiger partial charge in [-0.3, -0.25) is 0 Å². The van der Waals surface area contributed by atoms with Gasteiger partial charge in [-0.2, -0.15) is 0 Å². The SMILES string of the molecule is CC(C)=O.[Na]. The fourth-order valence-electron chi connectivity index (χ4n) is 0. The summed E-state index contributed by atoms with van der Waals surface area (Å²) in [5.74, 6) is 0.167. The molecule has 0 N–H and O–H groups in total. The van der Waals surface area contributed by atoms with Crippen molar-refractivity contribution in [2.24, 2.45) is 0 Å². The van der Waals surface area contributed by atoms with Gasteiger partial charge in [-0.25, -0.2) is 0 Å². The van der Waals surface area contributed by atoms with Crippen LogP contribution in [0.2, 0.25) is 0 Å². The zero-order valence-electron chi connectivity index (χ0n) is 3.91. The van der Waals surface area contributed by atoms with Gasteiger partial charge in [-0.15, -0.1) is 0 Å². The van der Waals surface area contributed by atoms with Gasteiger partial charge in [0.25, 0.3) is 0 Å². The monoisotopic (exact) mass is 81.0 g/mol. The predicted octanol–water partition coefficient (Wildman–Crippen LogP) is 0.214. The van der Waals surface area contributed by atoms with Crippen molar-refractivity contribution < 1.29 is 4.79 Å². The molecular weight excluding hydrogens is 75.0 g/mol. The molecule has 0 aromatic rings. The number of Topliss-reactive ketones (excluding diaryl/α,β-unsaturated/α-hetero) is 1. The number of rotatable bonds is 0. The maximum absolute atomic E-state index is 9.44. The first kappa shape index (κ1) is 9.18. The van der Waals surface area contributed by atoms with Gasteiger partial charge >= 0.3 is 0 Å². The minimum absolute atomic E-state index is 0. The Hall–Kier alpha value is 0.670. The number of ketones is 1. The van der Waals surface area contributed by atoms with E-state index < -0.39 is 0 Å². The van der Waals surface area contributed by atoms with Crippen LogP contribution in [0, 0.1) is 0 Å². The maximum Gasteiger partial charge on any atom is 0.126 e. The van der Waals surface area contributed by atoms with Crippen molar-refractivity contribution in [3.63, 3.8) is 0 Å². The van der Waals surface area contributed by atoms with Crippen molar-refractivity contribution in [3.05, 3.63) is 0 Å². The molecule has 0 rings (SSSR count). The number of carbonyl (C=O) groups excluding carboxylic acids is 1. The Bertz CT molecular complexity index is 29.9. The molecule has 0 atom stereocenters. The van der Waals surface area contributed by atoms with Gasteiger partial charge in [0.05, 0.1) is 0 Å². The average Bonchev–Trinajstić information content (AvgIpc) is 0.811. The van der Waals surface area contributed by atoms with Crippen molar-refractivity contribution in [2.75, 3.05) is 0 Å². The van der Waals surface area contributed by atoms with E-state index in [1.54, 1.807) is 0 Å². The minimum Gasteiger partial charge on any atom is -0.300 e. The summed E-state index contributed by atoms with van der Waals surface area (Å²) >= 11 is 0. The van der Waals surface area contributed by atoms with E-state index in [-0.39, 0.29) is 35.3 Å². The van der Waals surface area contributed by atoms with Crippen LogP contribution < -0.4 is 0 Å². The molecule has 0 aliphatic carbocycles. The van der Waals surface area contributed by atoms with E-state index in [4.69, 9.17) is 0 Å². The van der Waals surface area contributed by atoms with Gasteiger partial charge in [0.2, 0.25) is 0 Å². The van der Waals surface area contributed by atoms with Crippen LogP contribution in [0.1, 0.15) is 13.8 Å². The summed E-state index contributed by atoms with van der Waals surface area (Å²) in [5, 5.41) is 0. The van der Waals surface area contributed by atoms with Crippen molar-refractivity contribution in [2.45, 2.75) is 13.8 Å². The summed E-state index contributed by atoms with van der Waals surface area (Å²) in [6.07, 6.45) is 0. The molecule has 1 radical (unpaired) electrons. The van der Waals surface area contributed by atoms with Crippen LogP contribution in [-0.2, 0) is 4.79 Å². The molecule has 0 fully saturated rings. The molecule has 1 nitrogen and oxygen atoms in total. The Morgan fingerprint density at radius 2 is 1.40 bits per heavy atom. The topological polar surface area (TPSA) is 17.1 Å². The van der Waals surface area contributed by atoms with Crippen LogP contribution in [0.5, 0.6) is 0 Å². The smallest absolute Gasteiger partial charge is 0.126 e. The summed E-state index contributed by atoms with van der Waals surface area (Å²) in [6.45, 7) is 3.06. The third kappa shape index (κ3) is 74.2. The first-order chi connectivity index (χ1) is 1.73. The van der Waals surface area contributed by atoms with Gasteiger partial charge < -0.3 is 4.79 Å². The summed E-state index contributed by atoms with van der Waals surface area (Å²) in [5.41, 5.74) is 0. The Morgan fingerprint density at radius 1 is 1.40 bits per heavy atom. The van der Waals surface area contributed by atoms with Gasteiger partial charge in [0.1, 0.15) is 5.78 Å². The number of hydrogen-bond donors (Lipinski definition) is 0. The van der Waals surface area contributed by atoms with Gasteiger partial charge in [-0.05, 0) is 13.8 Å². The van der Waals surface area contributed by atoms with E-state index in [1.807, 2.05) is 0 Å². The van der Waals surface area contributed by atoms with E-state index in [0.29, 0.717) is 0 Å². The van der Waals surface area contributed by atoms with Crippen LogP contribution in [-0.4, -0.2) is 35.3 Å². The summed E-state index contributed by atoms with van der Waals surface area (Å²) in [7, 11) is 0. The molecule has 0 saturated carbocycles. The van der Waals surface area contributed by atoms with Crippen LogP contribution in [0.3, 0.4) is 0 Å². The summed E-state index contributed by atoms with van der Waals surface area (Å²) in [4.78, 5) is 9.44. The van der Waals surface area contributed by atoms with Crippen LogP contribution in [0.15, 0.2) is 0 Å². The van der Waals surface area contributed by atoms with Crippen molar-refractivity contribution in [1.29, 1.82) is 0 Å². The molecule has 0 spiro atoms. The molecule has 5 heavy (non-hydrogen) atoms. The molecule has 2 heteroatoms. The first-order valence-electron chi connectivity index (χ1n) is 1.20. The largest absolute Gasteiger partial charge is 0.300 e. The molecule has 0 unspecified atom stereocenters. The van der Waals surface area contributed by atoms with Gasteiger partial charge in [-0.1, -0.05) is 0 Å². The minimum atomic E-state index is 0. The second-order valence-electron chi connectivity index (χ2n) is 0.908. The van der Waals surface area contributed by atoms with E-state index in [1.165, 1.54) is 13.8 Å². The van der Waals surface area contributed by atoms with E-state index in [0.717, 1.165) is 0 Å². The Morgan fingerprint density at radius 3 is 1.40 bits per heavy atom. The average molecular weight is 81.1 g/mol. The van der Waals surface area contributed by atoms with Crippen LogP contribution >= 0.6 is 0 Å². The third-order valence-corrected chi connectivity index (χ3v) is 0. The normalized spacial score (nSPS) is 5.20. The number of carbonyl (C=O) groups is 1. The molecule has 0 aliphatic rings. The molecule has 0 aromatic carbocycles. The second kappa shape index (κ2) is 4.67. The van der Waals surface area contributed by atoms with Crippen LogP contribution in [0.4, 0.5) is 0 Å². The number of hydrogen-bond acceptors (Lipinski definition) is 1. The molecule has 0 heterocycles. The molecule has 0 aliphatic heterocycles. The second-order valence-corrected chi connectivity index (χ2v) is 0.908. The van der Waals surface area contributed by atoms with E-state index in [9.17, 15) is 4.79 Å². The fraction of sp³-hybridized carbons (Fsp3) is 0.667. The first-order valence-corrected chi connectivity index (χ1v) is 1.20. The fourth-order valence-corrected chi connectivity index (χ4v) is 0. The summed E-state index contributed by atoms with van der Waals surface area (Å²) in [6, 6.07) is 0. The van der Waals surface area contributed by atoms with Crippen molar-refractivity contribution in [1.82, 2.24) is 0 Å². The quantitative estimate of drug-likeness (QED) is 0.381. The van der Waals surface area contributed by atoms with Crippen LogP contribution in [0.25, 0.3) is 0 Å². The Kier molecular flexibility index (Phi) is 8.57. The molecule has 0 aromatic heterocycles. The Labute approximate surface area is 54.0 Å². The zero-order chi connectivity index (χ0) is 3.58. The molecular formula is C3H6NaO. The summed E-state index contributed by atoms with van der Waals surface area (Å²) < 4.78 is 0.